The normalized spacial score (nSPS) is 21.9. The minimum Gasteiger partial charge on any atom is -0.339 e. The van der Waals surface area contributed by atoms with Crippen LogP contribution in [0.4, 0.5) is 0 Å². The van der Waals surface area contributed by atoms with Gasteiger partial charge in [0.1, 0.15) is 0 Å². The van der Waals surface area contributed by atoms with Crippen molar-refractivity contribution in [2.24, 2.45) is 0 Å². The Morgan fingerprint density at radius 3 is 2.57 bits per heavy atom. The van der Waals surface area contributed by atoms with Crippen molar-refractivity contribution in [2.45, 2.75) is 38.6 Å². The molecule has 0 aliphatic carbocycles. The Kier molecular flexibility index (Phi) is 5.47. The summed E-state index contributed by atoms with van der Waals surface area (Å²) in [6.07, 6.45) is 0.975. The number of likely N-dealkylation sites (tertiary alicyclic amines) is 1. The van der Waals surface area contributed by atoms with Gasteiger partial charge in [-0.25, -0.2) is 12.7 Å². The number of rotatable bonds is 5. The first kappa shape index (κ1) is 17.9. The molecule has 1 aromatic carbocycles. The van der Waals surface area contributed by atoms with Crippen molar-refractivity contribution in [1.82, 2.24) is 9.21 Å². The highest BCUT2D eigenvalue weighted by molar-refractivity contribution is 7.89. The Balaban J connectivity index is 2.02. The molecule has 23 heavy (non-hydrogen) atoms. The van der Waals surface area contributed by atoms with Gasteiger partial charge in [0.2, 0.25) is 15.9 Å². The number of carbonyl (C=O) groups excluding carboxylic acids is 1. The standard InChI is InChI=1S/C17H26N2O3S/c1-13-7-5-6-8-16(13)15-11-14(2)19(12-15)17(20)9-10-23(21,22)18(3)4/h5-8,14-15H,9-12H2,1-4H3/t14-,15+/m1/s1. The van der Waals surface area contributed by atoms with Crippen molar-refractivity contribution in [2.75, 3.05) is 26.4 Å². The lowest BCUT2D eigenvalue weighted by Gasteiger charge is -2.22. The summed E-state index contributed by atoms with van der Waals surface area (Å²) in [6.45, 7) is 4.80. The molecule has 0 spiro atoms. The molecule has 1 aromatic rings. The van der Waals surface area contributed by atoms with Crippen LogP contribution in [-0.4, -0.2) is 56.0 Å². The summed E-state index contributed by atoms with van der Waals surface area (Å²) < 4.78 is 24.8. The van der Waals surface area contributed by atoms with Gasteiger partial charge in [0, 0.05) is 39.0 Å². The SMILES string of the molecule is Cc1ccccc1[C@H]1C[C@@H](C)N(C(=O)CCS(=O)(=O)N(C)C)C1. The smallest absolute Gasteiger partial charge is 0.223 e. The molecule has 6 heteroatoms. The molecule has 1 amide bonds. The van der Waals surface area contributed by atoms with E-state index in [2.05, 4.69) is 19.1 Å². The number of sulfonamides is 1. The maximum atomic E-state index is 12.4. The van der Waals surface area contributed by atoms with Gasteiger partial charge in [-0.05, 0) is 31.4 Å². The van der Waals surface area contributed by atoms with E-state index in [0.29, 0.717) is 12.5 Å². The van der Waals surface area contributed by atoms with Crippen LogP contribution >= 0.6 is 0 Å². The van der Waals surface area contributed by atoms with Gasteiger partial charge < -0.3 is 4.90 Å². The van der Waals surface area contributed by atoms with E-state index < -0.39 is 10.0 Å². The molecule has 1 heterocycles. The maximum Gasteiger partial charge on any atom is 0.223 e. The fourth-order valence-electron chi connectivity index (χ4n) is 3.19. The summed E-state index contributed by atoms with van der Waals surface area (Å²) >= 11 is 0. The van der Waals surface area contributed by atoms with Crippen LogP contribution in [0.5, 0.6) is 0 Å². The second-order valence-corrected chi connectivity index (χ2v) is 8.84. The van der Waals surface area contributed by atoms with Gasteiger partial charge in [-0.15, -0.1) is 0 Å². The van der Waals surface area contributed by atoms with Crippen LogP contribution in [0.2, 0.25) is 0 Å². The lowest BCUT2D eigenvalue weighted by atomic mass is 9.93. The highest BCUT2D eigenvalue weighted by Gasteiger charge is 2.34. The quantitative estimate of drug-likeness (QED) is 0.825. The zero-order chi connectivity index (χ0) is 17.2. The molecule has 0 aromatic heterocycles. The number of nitrogens with zero attached hydrogens (tertiary/aromatic N) is 2. The van der Waals surface area contributed by atoms with Crippen LogP contribution in [0.1, 0.15) is 36.8 Å². The monoisotopic (exact) mass is 338 g/mol. The van der Waals surface area contributed by atoms with E-state index in [-0.39, 0.29) is 24.1 Å². The van der Waals surface area contributed by atoms with Gasteiger partial charge in [0.15, 0.2) is 0 Å². The second kappa shape index (κ2) is 7.01. The van der Waals surface area contributed by atoms with Gasteiger partial charge in [0.25, 0.3) is 0 Å². The van der Waals surface area contributed by atoms with Crippen LogP contribution < -0.4 is 0 Å². The molecule has 1 fully saturated rings. The minimum absolute atomic E-state index is 0.0470. The van der Waals surface area contributed by atoms with E-state index in [1.165, 1.54) is 29.5 Å². The molecule has 2 rings (SSSR count). The molecule has 5 nitrogen and oxygen atoms in total. The van der Waals surface area contributed by atoms with E-state index in [1.807, 2.05) is 24.0 Å². The Hall–Kier alpha value is -1.40. The zero-order valence-corrected chi connectivity index (χ0v) is 15.1. The van der Waals surface area contributed by atoms with Crippen molar-refractivity contribution in [3.8, 4) is 0 Å². The van der Waals surface area contributed by atoms with E-state index in [4.69, 9.17) is 0 Å². The van der Waals surface area contributed by atoms with E-state index in [1.54, 1.807) is 0 Å². The van der Waals surface area contributed by atoms with Crippen LogP contribution in [0.15, 0.2) is 24.3 Å². The third-order valence-electron chi connectivity index (χ3n) is 4.65. The van der Waals surface area contributed by atoms with Gasteiger partial charge in [-0.2, -0.15) is 0 Å². The lowest BCUT2D eigenvalue weighted by Crippen LogP contribution is -2.36. The Morgan fingerprint density at radius 2 is 1.96 bits per heavy atom. The summed E-state index contributed by atoms with van der Waals surface area (Å²) in [7, 11) is -0.342. The topological polar surface area (TPSA) is 57.7 Å². The van der Waals surface area contributed by atoms with Gasteiger partial charge in [0.05, 0.1) is 5.75 Å². The van der Waals surface area contributed by atoms with Crippen molar-refractivity contribution in [1.29, 1.82) is 0 Å². The van der Waals surface area contributed by atoms with Crippen molar-refractivity contribution in [3.05, 3.63) is 35.4 Å². The van der Waals surface area contributed by atoms with E-state index >= 15 is 0 Å². The summed E-state index contributed by atoms with van der Waals surface area (Å²) in [4.78, 5) is 14.3. The van der Waals surface area contributed by atoms with Crippen LogP contribution in [0.25, 0.3) is 0 Å². The average molecular weight is 338 g/mol. The largest absolute Gasteiger partial charge is 0.339 e. The summed E-state index contributed by atoms with van der Waals surface area (Å²) in [5.74, 6) is 0.136. The van der Waals surface area contributed by atoms with E-state index in [0.717, 1.165) is 6.42 Å². The number of hydrogen-bond donors (Lipinski definition) is 0. The number of hydrogen-bond acceptors (Lipinski definition) is 3. The number of aryl methyl sites for hydroxylation is 1. The number of amides is 1. The molecule has 1 saturated heterocycles. The fourth-order valence-corrected chi connectivity index (χ4v) is 3.99. The molecule has 0 unspecified atom stereocenters. The summed E-state index contributed by atoms with van der Waals surface area (Å²) in [6, 6.07) is 8.41. The van der Waals surface area contributed by atoms with Gasteiger partial charge in [-0.1, -0.05) is 24.3 Å². The fraction of sp³-hybridized carbons (Fsp3) is 0.588. The number of carbonyl (C=O) groups is 1. The molecule has 0 saturated carbocycles. The summed E-state index contributed by atoms with van der Waals surface area (Å²) in [5.41, 5.74) is 2.53. The Morgan fingerprint density at radius 1 is 1.30 bits per heavy atom. The predicted molar refractivity (Wildman–Crippen MR) is 91.8 cm³/mol. The number of benzene rings is 1. The molecule has 1 aliphatic rings. The molecule has 1 aliphatic heterocycles. The minimum atomic E-state index is -3.33. The molecule has 2 atom stereocenters. The molecule has 0 N–H and O–H groups in total. The lowest BCUT2D eigenvalue weighted by molar-refractivity contribution is -0.131. The maximum absolute atomic E-state index is 12.4. The second-order valence-electron chi connectivity index (χ2n) is 6.53. The zero-order valence-electron chi connectivity index (χ0n) is 14.3. The molecular weight excluding hydrogens is 312 g/mol. The van der Waals surface area contributed by atoms with Crippen molar-refractivity contribution < 1.29 is 13.2 Å². The molecule has 0 bridgehead atoms. The first-order valence-electron chi connectivity index (χ1n) is 7.97. The first-order chi connectivity index (χ1) is 10.7. The van der Waals surface area contributed by atoms with E-state index in [9.17, 15) is 13.2 Å². The highest BCUT2D eigenvalue weighted by atomic mass is 32.2. The van der Waals surface area contributed by atoms with Gasteiger partial charge in [-0.3, -0.25) is 4.79 Å². The third-order valence-corrected chi connectivity index (χ3v) is 6.49. The molecular formula is C17H26N2O3S. The van der Waals surface area contributed by atoms with Gasteiger partial charge >= 0.3 is 0 Å². The van der Waals surface area contributed by atoms with Crippen LogP contribution in [0.3, 0.4) is 0 Å². The van der Waals surface area contributed by atoms with Crippen LogP contribution in [-0.2, 0) is 14.8 Å². The molecule has 0 radical (unpaired) electrons. The Labute approximate surface area is 139 Å². The molecule has 128 valence electrons. The van der Waals surface area contributed by atoms with Crippen LogP contribution in [0, 0.1) is 6.92 Å². The van der Waals surface area contributed by atoms with Crippen molar-refractivity contribution in [3.63, 3.8) is 0 Å². The summed E-state index contributed by atoms with van der Waals surface area (Å²) in [5, 5.41) is 0. The average Bonchev–Trinajstić information content (AvgIpc) is 2.87. The Bertz CT molecular complexity index is 670. The van der Waals surface area contributed by atoms with Crippen molar-refractivity contribution >= 4 is 15.9 Å². The predicted octanol–water partition coefficient (Wildman–Crippen LogP) is 1.98. The first-order valence-corrected chi connectivity index (χ1v) is 9.58. The highest BCUT2D eigenvalue weighted by Crippen LogP contribution is 2.33. The third kappa shape index (κ3) is 4.12.